The van der Waals surface area contributed by atoms with E-state index in [2.05, 4.69) is 4.72 Å². The molecule has 0 spiro atoms. The molecule has 96 valence electrons. The second-order valence-corrected chi connectivity index (χ2v) is 5.52. The first-order valence-electron chi connectivity index (χ1n) is 5.21. The molecule has 7 heteroatoms. The first-order valence-corrected chi connectivity index (χ1v) is 6.86. The largest absolute Gasteiger partial charge is 0.481 e. The third kappa shape index (κ3) is 7.61. The lowest BCUT2D eigenvalue weighted by atomic mass is 10.0. The van der Waals surface area contributed by atoms with Gasteiger partial charge in [-0.2, -0.15) is 0 Å². The highest BCUT2D eigenvalue weighted by atomic mass is 32.2. The molecule has 16 heavy (non-hydrogen) atoms. The zero-order valence-electron chi connectivity index (χ0n) is 9.35. The number of carboxylic acid groups (broad SMARTS) is 1. The normalized spacial score (nSPS) is 13.6. The second kappa shape index (κ2) is 7.59. The van der Waals surface area contributed by atoms with Gasteiger partial charge in [0.15, 0.2) is 0 Å². The molecule has 1 unspecified atom stereocenters. The van der Waals surface area contributed by atoms with Crippen molar-refractivity contribution in [3.63, 3.8) is 0 Å². The van der Waals surface area contributed by atoms with Gasteiger partial charge < -0.3 is 10.2 Å². The Morgan fingerprint density at radius 3 is 2.50 bits per heavy atom. The van der Waals surface area contributed by atoms with Crippen LogP contribution in [0.4, 0.5) is 0 Å². The predicted octanol–water partition coefficient (Wildman–Crippen LogP) is -0.211. The molecule has 1 atom stereocenters. The molecule has 0 rings (SSSR count). The highest BCUT2D eigenvalue weighted by molar-refractivity contribution is 7.89. The lowest BCUT2D eigenvalue weighted by Gasteiger charge is -2.14. The summed E-state index contributed by atoms with van der Waals surface area (Å²) in [5, 5.41) is 17.1. The van der Waals surface area contributed by atoms with Crippen LogP contribution in [0.3, 0.4) is 0 Å². The van der Waals surface area contributed by atoms with Gasteiger partial charge in [-0.1, -0.05) is 13.3 Å². The molecule has 0 aliphatic carbocycles. The summed E-state index contributed by atoms with van der Waals surface area (Å²) in [5.74, 6) is -1.45. The molecule has 0 aromatic rings. The predicted molar refractivity (Wildman–Crippen MR) is 59.5 cm³/mol. The number of aliphatic hydroxyl groups excluding tert-OH is 1. The maximum absolute atomic E-state index is 11.3. The summed E-state index contributed by atoms with van der Waals surface area (Å²) in [5.41, 5.74) is 0. The molecule has 0 aromatic heterocycles. The van der Waals surface area contributed by atoms with Crippen LogP contribution in [0.15, 0.2) is 0 Å². The van der Waals surface area contributed by atoms with Gasteiger partial charge in [-0.3, -0.25) is 4.79 Å². The molecule has 0 heterocycles. The standard InChI is InChI=1S/C9H19NO5S/c1-2-8(3-5-11)7-10-16(14,15)6-4-9(12)13/h8,10-11H,2-7H2,1H3,(H,12,13). The van der Waals surface area contributed by atoms with E-state index in [1.807, 2.05) is 6.92 Å². The Hall–Kier alpha value is -0.660. The molecule has 0 aliphatic heterocycles. The van der Waals surface area contributed by atoms with E-state index in [0.717, 1.165) is 6.42 Å². The molecular weight excluding hydrogens is 234 g/mol. The molecule has 0 fully saturated rings. The minimum absolute atomic E-state index is 0.0232. The zero-order chi connectivity index (χ0) is 12.6. The van der Waals surface area contributed by atoms with Crippen molar-refractivity contribution in [1.29, 1.82) is 0 Å². The maximum Gasteiger partial charge on any atom is 0.304 e. The fourth-order valence-corrected chi connectivity index (χ4v) is 2.25. The first-order chi connectivity index (χ1) is 7.41. The van der Waals surface area contributed by atoms with Gasteiger partial charge in [-0.25, -0.2) is 13.1 Å². The summed E-state index contributed by atoms with van der Waals surface area (Å²) in [7, 11) is -3.51. The van der Waals surface area contributed by atoms with Crippen molar-refractivity contribution in [1.82, 2.24) is 4.72 Å². The molecule has 0 bridgehead atoms. The minimum atomic E-state index is -3.51. The van der Waals surface area contributed by atoms with Gasteiger partial charge in [0.1, 0.15) is 0 Å². The van der Waals surface area contributed by atoms with Crippen LogP contribution in [0.5, 0.6) is 0 Å². The minimum Gasteiger partial charge on any atom is -0.481 e. The first kappa shape index (κ1) is 15.3. The number of carbonyl (C=O) groups is 1. The number of aliphatic carboxylic acids is 1. The van der Waals surface area contributed by atoms with E-state index in [0.29, 0.717) is 6.42 Å². The highest BCUT2D eigenvalue weighted by Gasteiger charge is 2.14. The van der Waals surface area contributed by atoms with Crippen molar-refractivity contribution >= 4 is 16.0 Å². The average Bonchev–Trinajstić information content (AvgIpc) is 2.21. The van der Waals surface area contributed by atoms with Crippen LogP contribution < -0.4 is 4.72 Å². The Kier molecular flexibility index (Phi) is 7.27. The summed E-state index contributed by atoms with van der Waals surface area (Å²) >= 11 is 0. The van der Waals surface area contributed by atoms with Gasteiger partial charge in [0, 0.05) is 13.2 Å². The average molecular weight is 253 g/mol. The van der Waals surface area contributed by atoms with Crippen LogP contribution in [0.25, 0.3) is 0 Å². The Balaban J connectivity index is 4.01. The van der Waals surface area contributed by atoms with Crippen LogP contribution in [-0.2, 0) is 14.8 Å². The number of aliphatic hydroxyl groups is 1. The molecule has 0 radical (unpaired) electrons. The van der Waals surface area contributed by atoms with Crippen molar-refractivity contribution in [3.05, 3.63) is 0 Å². The van der Waals surface area contributed by atoms with E-state index < -0.39 is 28.2 Å². The number of hydrogen-bond donors (Lipinski definition) is 3. The second-order valence-electron chi connectivity index (χ2n) is 3.60. The van der Waals surface area contributed by atoms with Gasteiger partial charge in [-0.15, -0.1) is 0 Å². The smallest absolute Gasteiger partial charge is 0.304 e. The molecule has 0 saturated heterocycles. The number of hydrogen-bond acceptors (Lipinski definition) is 4. The van der Waals surface area contributed by atoms with Crippen LogP contribution in [0.1, 0.15) is 26.2 Å². The monoisotopic (exact) mass is 253 g/mol. The fourth-order valence-electron chi connectivity index (χ4n) is 1.17. The summed E-state index contributed by atoms with van der Waals surface area (Å²) in [4.78, 5) is 10.2. The Morgan fingerprint density at radius 1 is 1.44 bits per heavy atom. The molecule has 0 aromatic carbocycles. The van der Waals surface area contributed by atoms with Crippen molar-refractivity contribution in [2.45, 2.75) is 26.2 Å². The number of sulfonamides is 1. The van der Waals surface area contributed by atoms with Crippen LogP contribution >= 0.6 is 0 Å². The molecule has 0 aliphatic rings. The Labute approximate surface area is 95.7 Å². The molecule has 6 nitrogen and oxygen atoms in total. The lowest BCUT2D eigenvalue weighted by Crippen LogP contribution is -2.32. The van der Waals surface area contributed by atoms with Gasteiger partial charge >= 0.3 is 5.97 Å². The quantitative estimate of drug-likeness (QED) is 0.527. The van der Waals surface area contributed by atoms with Gasteiger partial charge in [-0.05, 0) is 12.3 Å². The highest BCUT2D eigenvalue weighted by Crippen LogP contribution is 2.06. The molecule has 3 N–H and O–H groups in total. The topological polar surface area (TPSA) is 104 Å². The summed E-state index contributed by atoms with van der Waals surface area (Å²) in [6.45, 7) is 2.18. The Morgan fingerprint density at radius 2 is 2.06 bits per heavy atom. The van der Waals surface area contributed by atoms with Crippen molar-refractivity contribution < 1.29 is 23.4 Å². The summed E-state index contributed by atoms with van der Waals surface area (Å²) < 4.78 is 25.0. The van der Waals surface area contributed by atoms with E-state index in [1.54, 1.807) is 0 Å². The van der Waals surface area contributed by atoms with Gasteiger partial charge in [0.25, 0.3) is 0 Å². The van der Waals surface area contributed by atoms with Crippen molar-refractivity contribution in [3.8, 4) is 0 Å². The fraction of sp³-hybridized carbons (Fsp3) is 0.889. The van der Waals surface area contributed by atoms with Gasteiger partial charge in [0.2, 0.25) is 10.0 Å². The summed E-state index contributed by atoms with van der Waals surface area (Å²) in [6, 6.07) is 0. The van der Waals surface area contributed by atoms with Gasteiger partial charge in [0.05, 0.1) is 12.2 Å². The zero-order valence-corrected chi connectivity index (χ0v) is 10.2. The molecule has 0 amide bonds. The number of rotatable bonds is 9. The third-order valence-electron chi connectivity index (χ3n) is 2.29. The Bertz CT molecular complexity index is 301. The van der Waals surface area contributed by atoms with Crippen LogP contribution in [-0.4, -0.2) is 43.5 Å². The molecular formula is C9H19NO5S. The van der Waals surface area contributed by atoms with Crippen molar-refractivity contribution in [2.75, 3.05) is 18.9 Å². The van der Waals surface area contributed by atoms with E-state index >= 15 is 0 Å². The van der Waals surface area contributed by atoms with E-state index in [-0.39, 0.29) is 19.1 Å². The van der Waals surface area contributed by atoms with Crippen LogP contribution in [0.2, 0.25) is 0 Å². The van der Waals surface area contributed by atoms with E-state index in [4.69, 9.17) is 10.2 Å². The van der Waals surface area contributed by atoms with E-state index in [9.17, 15) is 13.2 Å². The third-order valence-corrected chi connectivity index (χ3v) is 3.64. The summed E-state index contributed by atoms with van der Waals surface area (Å²) in [6.07, 6.45) is 0.909. The SMILES string of the molecule is CCC(CCO)CNS(=O)(=O)CCC(=O)O. The maximum atomic E-state index is 11.3. The van der Waals surface area contributed by atoms with Crippen molar-refractivity contribution in [2.24, 2.45) is 5.92 Å². The van der Waals surface area contributed by atoms with Crippen LogP contribution in [0, 0.1) is 5.92 Å². The molecule has 0 saturated carbocycles. The number of nitrogens with one attached hydrogen (secondary N) is 1. The lowest BCUT2D eigenvalue weighted by molar-refractivity contribution is -0.136. The number of carboxylic acids is 1. The van der Waals surface area contributed by atoms with E-state index in [1.165, 1.54) is 0 Å².